The van der Waals surface area contributed by atoms with Gasteiger partial charge in [0.05, 0.1) is 17.6 Å². The van der Waals surface area contributed by atoms with Gasteiger partial charge in [-0.25, -0.2) is 0 Å². The van der Waals surface area contributed by atoms with E-state index in [-0.39, 0.29) is 18.6 Å². The maximum Gasteiger partial charge on any atom is 0.234 e. The molecule has 27 heavy (non-hydrogen) atoms. The predicted octanol–water partition coefficient (Wildman–Crippen LogP) is 1.34. The van der Waals surface area contributed by atoms with Crippen molar-refractivity contribution in [3.63, 3.8) is 0 Å². The number of carbonyl (C=O) groups is 1. The fourth-order valence-electron chi connectivity index (χ4n) is 4.63. The van der Waals surface area contributed by atoms with Gasteiger partial charge >= 0.3 is 0 Å². The molecule has 2 fully saturated rings. The predicted molar refractivity (Wildman–Crippen MR) is 93.5 cm³/mol. The summed E-state index contributed by atoms with van der Waals surface area (Å²) in [6.07, 6.45) is -1.56. The summed E-state index contributed by atoms with van der Waals surface area (Å²) in [7, 11) is 0. The van der Waals surface area contributed by atoms with E-state index in [0.29, 0.717) is 11.1 Å². The van der Waals surface area contributed by atoms with E-state index in [1.807, 2.05) is 12.1 Å². The van der Waals surface area contributed by atoms with Crippen LogP contribution in [0.4, 0.5) is 0 Å². The minimum absolute atomic E-state index is 0.0212. The molecule has 5 rings (SSSR count). The van der Waals surface area contributed by atoms with Crippen molar-refractivity contribution in [3.05, 3.63) is 48.2 Å². The number of phenolic OH excluding ortho intramolecular Hbond substituents is 1. The van der Waals surface area contributed by atoms with Crippen LogP contribution >= 0.6 is 0 Å². The Balaban J connectivity index is 1.63. The molecular weight excluding hydrogens is 352 g/mol. The number of hydrogen-bond donors (Lipinski definition) is 4. The lowest BCUT2D eigenvalue weighted by molar-refractivity contribution is -0.130. The monoisotopic (exact) mass is 370 g/mol. The molecule has 3 aliphatic rings. The largest absolute Gasteiger partial charge is 0.507 e. The third kappa shape index (κ3) is 1.88. The van der Waals surface area contributed by atoms with Crippen molar-refractivity contribution in [2.45, 2.75) is 42.4 Å². The standard InChI is InChI=1S/C20H18O7/c21-11-5-1-3-10-4-2-6-13(17(10)11)26-16-9-12(22)18(25)20-15(24)8-7-14(23)19(16,20)27-20/h1-6,9,14-16,21-24H,7-8H2. The zero-order chi connectivity index (χ0) is 19.0. The van der Waals surface area contributed by atoms with Gasteiger partial charge in [0.25, 0.3) is 0 Å². The smallest absolute Gasteiger partial charge is 0.234 e. The minimum atomic E-state index is -1.69. The minimum Gasteiger partial charge on any atom is -0.507 e. The molecule has 0 bridgehead atoms. The number of carbonyl (C=O) groups excluding carboxylic acids is 1. The Labute approximate surface area is 154 Å². The highest BCUT2D eigenvalue weighted by molar-refractivity contribution is 6.06. The van der Waals surface area contributed by atoms with Crippen LogP contribution in [-0.2, 0) is 9.53 Å². The zero-order valence-electron chi connectivity index (χ0n) is 14.2. The Morgan fingerprint density at radius 1 is 1.04 bits per heavy atom. The molecule has 5 atom stereocenters. The number of aromatic hydroxyl groups is 1. The molecule has 1 heterocycles. The topological polar surface area (TPSA) is 120 Å². The second-order valence-electron chi connectivity index (χ2n) is 7.29. The van der Waals surface area contributed by atoms with Gasteiger partial charge < -0.3 is 29.9 Å². The summed E-state index contributed by atoms with van der Waals surface area (Å²) in [6.45, 7) is 0. The number of hydrogen-bond acceptors (Lipinski definition) is 7. The summed E-state index contributed by atoms with van der Waals surface area (Å²) in [5, 5.41) is 42.6. The van der Waals surface area contributed by atoms with E-state index in [4.69, 9.17) is 9.47 Å². The van der Waals surface area contributed by atoms with E-state index in [9.17, 15) is 25.2 Å². The molecule has 0 radical (unpaired) electrons. The zero-order valence-corrected chi connectivity index (χ0v) is 14.2. The third-order valence-corrected chi connectivity index (χ3v) is 5.95. The molecule has 7 heteroatoms. The lowest BCUT2D eigenvalue weighted by Crippen LogP contribution is -2.61. The van der Waals surface area contributed by atoms with Gasteiger partial charge in [-0.2, -0.15) is 0 Å². The van der Waals surface area contributed by atoms with Crippen molar-refractivity contribution < 1.29 is 34.7 Å². The molecule has 2 aromatic rings. The molecule has 1 saturated carbocycles. The number of ketones is 1. The van der Waals surface area contributed by atoms with Crippen LogP contribution in [0.2, 0.25) is 0 Å². The first kappa shape index (κ1) is 16.6. The van der Waals surface area contributed by atoms with Gasteiger partial charge in [0.1, 0.15) is 11.5 Å². The van der Waals surface area contributed by atoms with E-state index in [1.54, 1.807) is 18.2 Å². The summed E-state index contributed by atoms with van der Waals surface area (Å²) in [6, 6.07) is 10.3. The molecule has 140 valence electrons. The van der Waals surface area contributed by atoms with Gasteiger partial charge in [-0.05, 0) is 30.4 Å². The first-order valence-electron chi connectivity index (χ1n) is 8.81. The first-order valence-corrected chi connectivity index (χ1v) is 8.81. The molecule has 4 N–H and O–H groups in total. The van der Waals surface area contributed by atoms with Crippen molar-refractivity contribution in [2.75, 3.05) is 0 Å². The van der Waals surface area contributed by atoms with Crippen LogP contribution in [0.5, 0.6) is 11.5 Å². The van der Waals surface area contributed by atoms with Crippen molar-refractivity contribution in [1.82, 2.24) is 0 Å². The SMILES string of the molecule is O=C1C(O)=CC(Oc2cccc3cccc(O)c23)C23OC12C(O)CCC3O. The number of epoxide rings is 1. The molecule has 5 unspecified atom stereocenters. The first-order chi connectivity index (χ1) is 12.9. The van der Waals surface area contributed by atoms with Crippen LogP contribution in [0.1, 0.15) is 12.8 Å². The highest BCUT2D eigenvalue weighted by Crippen LogP contribution is 2.63. The molecule has 1 saturated heterocycles. The average molecular weight is 370 g/mol. The summed E-state index contributed by atoms with van der Waals surface area (Å²) in [4.78, 5) is 12.5. The van der Waals surface area contributed by atoms with Crippen LogP contribution in [0.15, 0.2) is 48.2 Å². The Bertz CT molecular complexity index is 994. The van der Waals surface area contributed by atoms with Crippen LogP contribution in [0.3, 0.4) is 0 Å². The molecule has 7 nitrogen and oxygen atoms in total. The maximum atomic E-state index is 12.5. The van der Waals surface area contributed by atoms with Crippen molar-refractivity contribution in [1.29, 1.82) is 0 Å². The Hall–Kier alpha value is -2.61. The normalized spacial score (nSPS) is 37.3. The quantitative estimate of drug-likeness (QED) is 0.589. The summed E-state index contributed by atoms with van der Waals surface area (Å²) < 4.78 is 11.8. The number of aliphatic hydroxyl groups excluding tert-OH is 3. The van der Waals surface area contributed by atoms with Gasteiger partial charge in [0, 0.05) is 6.08 Å². The molecular formula is C20H18O7. The summed E-state index contributed by atoms with van der Waals surface area (Å²) >= 11 is 0. The Kier molecular flexibility index (Phi) is 3.20. The van der Waals surface area contributed by atoms with Crippen molar-refractivity contribution >= 4 is 16.6 Å². The highest BCUT2D eigenvalue weighted by atomic mass is 16.7. The number of rotatable bonds is 2. The van der Waals surface area contributed by atoms with Crippen LogP contribution in [0, 0.1) is 0 Å². The summed E-state index contributed by atoms with van der Waals surface area (Å²) in [5.74, 6) is -0.965. The number of fused-ring (bicyclic) bond motifs is 1. The van der Waals surface area contributed by atoms with Gasteiger partial charge in [0.15, 0.2) is 23.1 Å². The maximum absolute atomic E-state index is 12.5. The van der Waals surface area contributed by atoms with Crippen molar-refractivity contribution in [2.24, 2.45) is 0 Å². The highest BCUT2D eigenvalue weighted by Gasteiger charge is 2.87. The van der Waals surface area contributed by atoms with E-state index in [0.717, 1.165) is 5.39 Å². The van der Waals surface area contributed by atoms with Gasteiger partial charge in [-0.15, -0.1) is 0 Å². The number of aliphatic hydroxyl groups is 3. The number of benzene rings is 2. The second-order valence-corrected chi connectivity index (χ2v) is 7.29. The van der Waals surface area contributed by atoms with E-state index >= 15 is 0 Å². The van der Waals surface area contributed by atoms with Crippen LogP contribution < -0.4 is 4.74 Å². The third-order valence-electron chi connectivity index (χ3n) is 5.95. The molecule has 0 spiro atoms. The van der Waals surface area contributed by atoms with Crippen LogP contribution in [0.25, 0.3) is 10.8 Å². The summed E-state index contributed by atoms with van der Waals surface area (Å²) in [5.41, 5.74) is -3.15. The van der Waals surface area contributed by atoms with E-state index in [1.165, 1.54) is 12.1 Å². The Morgan fingerprint density at radius 2 is 1.74 bits per heavy atom. The van der Waals surface area contributed by atoms with Gasteiger partial charge in [-0.3, -0.25) is 4.79 Å². The average Bonchev–Trinajstić information content (AvgIpc) is 3.38. The molecule has 2 aromatic carbocycles. The lowest BCUT2D eigenvalue weighted by atomic mass is 9.67. The van der Waals surface area contributed by atoms with Crippen LogP contribution in [-0.4, -0.2) is 55.7 Å². The van der Waals surface area contributed by atoms with E-state index in [2.05, 4.69) is 0 Å². The number of phenols is 1. The Morgan fingerprint density at radius 3 is 2.52 bits per heavy atom. The molecule has 2 aliphatic carbocycles. The molecule has 0 aromatic heterocycles. The molecule has 0 amide bonds. The fraction of sp³-hybridized carbons (Fsp3) is 0.350. The van der Waals surface area contributed by atoms with E-state index < -0.39 is 41.1 Å². The fourth-order valence-corrected chi connectivity index (χ4v) is 4.63. The number of Topliss-reactive ketones (excluding diaryl/α,β-unsaturated/α-hetero) is 1. The van der Waals surface area contributed by atoms with Gasteiger partial charge in [-0.1, -0.05) is 24.3 Å². The second kappa shape index (κ2) is 5.22. The number of ether oxygens (including phenoxy) is 2. The van der Waals surface area contributed by atoms with Crippen molar-refractivity contribution in [3.8, 4) is 11.5 Å². The van der Waals surface area contributed by atoms with Gasteiger partial charge in [0.2, 0.25) is 5.78 Å². The molecule has 1 aliphatic heterocycles. The lowest BCUT2D eigenvalue weighted by Gasteiger charge is -2.38.